The van der Waals surface area contributed by atoms with Crippen molar-refractivity contribution in [3.63, 3.8) is 0 Å². The lowest BCUT2D eigenvalue weighted by Gasteiger charge is -2.29. The summed E-state index contributed by atoms with van der Waals surface area (Å²) in [5.41, 5.74) is 0. The molecule has 0 aromatic heterocycles. The van der Waals surface area contributed by atoms with Crippen molar-refractivity contribution in [1.29, 1.82) is 0 Å². The van der Waals surface area contributed by atoms with Gasteiger partial charge in [0.2, 0.25) is 0 Å². The van der Waals surface area contributed by atoms with Gasteiger partial charge in [0.1, 0.15) is 0 Å². The molecule has 2 nitrogen and oxygen atoms in total. The van der Waals surface area contributed by atoms with Gasteiger partial charge in [-0.15, -0.1) is 0 Å². The summed E-state index contributed by atoms with van der Waals surface area (Å²) in [6.45, 7) is 0. The van der Waals surface area contributed by atoms with E-state index in [9.17, 15) is 12.9 Å². The number of quaternary nitrogens is 1. The second-order valence-electron chi connectivity index (χ2n) is 2.51. The third-order valence-corrected chi connectivity index (χ3v) is 0.436. The van der Waals surface area contributed by atoms with E-state index >= 15 is 0 Å². The fourth-order valence-corrected chi connectivity index (χ4v) is 0.359. The molecule has 6 heteroatoms. The van der Waals surface area contributed by atoms with E-state index in [1.165, 1.54) is 21.1 Å². The molecule has 0 saturated heterocycles. The summed E-state index contributed by atoms with van der Waals surface area (Å²) in [6.07, 6.45) is 0. The molecular formula is C3H9BF3NO. The van der Waals surface area contributed by atoms with Crippen LogP contribution in [0.25, 0.3) is 0 Å². The Morgan fingerprint density at radius 1 is 1.11 bits per heavy atom. The Morgan fingerprint density at radius 2 is 1.44 bits per heavy atom. The Labute approximate surface area is 51.8 Å². The highest BCUT2D eigenvalue weighted by Gasteiger charge is 2.33. The summed E-state index contributed by atoms with van der Waals surface area (Å²) in [6, 6.07) is 0. The second kappa shape index (κ2) is 2.19. The molecule has 0 spiro atoms. The number of hydrogen-bond donors (Lipinski definition) is 0. The molecule has 0 radical (unpaired) electrons. The molecule has 0 unspecified atom stereocenters. The molecule has 0 aromatic rings. The van der Waals surface area contributed by atoms with Crippen LogP contribution in [0, 0.1) is 0 Å². The van der Waals surface area contributed by atoms with Crippen LogP contribution in [-0.4, -0.2) is 33.0 Å². The predicted molar refractivity (Wildman–Crippen MR) is 28.2 cm³/mol. The van der Waals surface area contributed by atoms with Crippen LogP contribution in [0.4, 0.5) is 12.9 Å². The van der Waals surface area contributed by atoms with Crippen LogP contribution in [-0.2, 0) is 4.76 Å². The lowest BCUT2D eigenvalue weighted by atomic mass is 10.3. The number of nitrogens with zero attached hydrogens (tertiary/aromatic N) is 1. The van der Waals surface area contributed by atoms with Crippen LogP contribution in [0.5, 0.6) is 0 Å². The first-order valence-electron chi connectivity index (χ1n) is 2.41. The number of halogens is 3. The van der Waals surface area contributed by atoms with Crippen LogP contribution in [0.1, 0.15) is 0 Å². The van der Waals surface area contributed by atoms with Crippen molar-refractivity contribution >= 4 is 7.18 Å². The van der Waals surface area contributed by atoms with E-state index in [2.05, 4.69) is 4.76 Å². The molecule has 0 heterocycles. The molecule has 0 atom stereocenters. The van der Waals surface area contributed by atoms with Gasteiger partial charge in [-0.2, -0.15) is 0 Å². The fraction of sp³-hybridized carbons (Fsp3) is 1.00. The van der Waals surface area contributed by atoms with Crippen LogP contribution in [0.15, 0.2) is 0 Å². The summed E-state index contributed by atoms with van der Waals surface area (Å²) in [5, 5.41) is 0. The summed E-state index contributed by atoms with van der Waals surface area (Å²) in [5.74, 6) is 0. The van der Waals surface area contributed by atoms with Crippen molar-refractivity contribution < 1.29 is 22.3 Å². The maximum atomic E-state index is 11.4. The Hall–Kier alpha value is -0.225. The Bertz CT molecular complexity index is 84.2. The van der Waals surface area contributed by atoms with E-state index in [-0.39, 0.29) is 0 Å². The lowest BCUT2D eigenvalue weighted by Crippen LogP contribution is -2.43. The van der Waals surface area contributed by atoms with E-state index < -0.39 is 11.8 Å². The first-order valence-corrected chi connectivity index (χ1v) is 2.41. The van der Waals surface area contributed by atoms with E-state index in [4.69, 9.17) is 0 Å². The average Bonchev–Trinajstić information content (AvgIpc) is 1.14. The highest BCUT2D eigenvalue weighted by molar-refractivity contribution is 6.50. The first kappa shape index (κ1) is 8.77. The normalized spacial score (nSPS) is 14.0. The van der Waals surface area contributed by atoms with Gasteiger partial charge in [0.15, 0.2) is 0 Å². The Kier molecular flexibility index (Phi) is 2.13. The molecule has 0 aliphatic rings. The monoisotopic (exact) mass is 143 g/mol. The zero-order valence-electron chi connectivity index (χ0n) is 5.57. The molecule has 0 aliphatic carbocycles. The van der Waals surface area contributed by atoms with Gasteiger partial charge in [-0.3, -0.25) is 0 Å². The average molecular weight is 143 g/mol. The lowest BCUT2D eigenvalue weighted by molar-refractivity contribution is -1.04. The maximum absolute atomic E-state index is 11.4. The predicted octanol–water partition coefficient (Wildman–Crippen LogP) is 0.968. The van der Waals surface area contributed by atoms with Gasteiger partial charge in [-0.05, 0) is 0 Å². The van der Waals surface area contributed by atoms with E-state index in [0.717, 1.165) is 0 Å². The zero-order valence-corrected chi connectivity index (χ0v) is 5.57. The summed E-state index contributed by atoms with van der Waals surface area (Å²) >= 11 is 0. The molecular weight excluding hydrogens is 134 g/mol. The van der Waals surface area contributed by atoms with Crippen molar-refractivity contribution in [3.05, 3.63) is 0 Å². The maximum Gasteiger partial charge on any atom is 0.683 e. The number of hydrogen-bond acceptors (Lipinski definition) is 1. The van der Waals surface area contributed by atoms with Gasteiger partial charge in [0.25, 0.3) is 0 Å². The Morgan fingerprint density at radius 3 is 1.44 bits per heavy atom. The standard InChI is InChI=1S/C3H9BF3NO/c1-8(2,3)9-4(5,6)7/h1-3H3. The molecule has 0 aromatic carbocycles. The third kappa shape index (κ3) is 7.77. The minimum absolute atomic E-state index is 0.538. The van der Waals surface area contributed by atoms with E-state index in [1.54, 1.807) is 0 Å². The second-order valence-corrected chi connectivity index (χ2v) is 2.51. The molecule has 9 heavy (non-hydrogen) atoms. The van der Waals surface area contributed by atoms with Crippen LogP contribution in [0.2, 0.25) is 0 Å². The molecule has 0 N–H and O–H groups in total. The third-order valence-electron chi connectivity index (χ3n) is 0.436. The van der Waals surface area contributed by atoms with Gasteiger partial charge in [-0.1, -0.05) is 0 Å². The van der Waals surface area contributed by atoms with Gasteiger partial charge in [-0.25, -0.2) is 4.65 Å². The largest absolute Gasteiger partial charge is 0.683 e. The highest BCUT2D eigenvalue weighted by atomic mass is 19.4. The van der Waals surface area contributed by atoms with Crippen LogP contribution < -0.4 is 0 Å². The van der Waals surface area contributed by atoms with Gasteiger partial charge < -0.3 is 17.7 Å². The van der Waals surface area contributed by atoms with Crippen molar-refractivity contribution in [2.24, 2.45) is 0 Å². The first-order chi connectivity index (χ1) is 3.71. The quantitative estimate of drug-likeness (QED) is 0.318. The highest BCUT2D eigenvalue weighted by Crippen LogP contribution is 2.13. The van der Waals surface area contributed by atoms with E-state index in [0.29, 0.717) is 0 Å². The van der Waals surface area contributed by atoms with E-state index in [1.807, 2.05) is 0 Å². The van der Waals surface area contributed by atoms with Gasteiger partial charge in [0.05, 0.1) is 21.1 Å². The number of rotatable bonds is 2. The molecule has 56 valence electrons. The van der Waals surface area contributed by atoms with Gasteiger partial charge >= 0.3 is 7.18 Å². The Balaban J connectivity index is 3.75. The SMILES string of the molecule is C[N+](C)(C)O[B-](F)(F)F. The minimum atomic E-state index is -5.12. The minimum Gasteiger partial charge on any atom is -0.419 e. The number of hydroxylamine groups is 3. The van der Waals surface area contributed by atoms with Crippen molar-refractivity contribution in [2.75, 3.05) is 21.1 Å². The molecule has 0 amide bonds. The molecule has 0 bridgehead atoms. The van der Waals surface area contributed by atoms with Crippen molar-refractivity contribution in [1.82, 2.24) is 0 Å². The smallest absolute Gasteiger partial charge is 0.419 e. The van der Waals surface area contributed by atoms with Crippen LogP contribution in [0.3, 0.4) is 0 Å². The van der Waals surface area contributed by atoms with Crippen LogP contribution >= 0.6 is 0 Å². The summed E-state index contributed by atoms with van der Waals surface area (Å²) in [4.78, 5) is 0. The molecule has 0 fully saturated rings. The zero-order chi connectivity index (χ0) is 7.71. The van der Waals surface area contributed by atoms with Crippen molar-refractivity contribution in [2.45, 2.75) is 0 Å². The molecule has 0 saturated carbocycles. The molecule has 0 rings (SSSR count). The van der Waals surface area contributed by atoms with Crippen molar-refractivity contribution in [3.8, 4) is 0 Å². The summed E-state index contributed by atoms with van der Waals surface area (Å²) < 4.78 is 37.2. The fourth-order valence-electron chi connectivity index (χ4n) is 0.359. The molecule has 0 aliphatic heterocycles. The topological polar surface area (TPSA) is 9.23 Å². The van der Waals surface area contributed by atoms with Gasteiger partial charge in [0, 0.05) is 0 Å². The summed E-state index contributed by atoms with van der Waals surface area (Å²) in [7, 11) is -1.22.